The van der Waals surface area contributed by atoms with E-state index in [0.717, 1.165) is 36.6 Å². The maximum absolute atomic E-state index is 5.56. The van der Waals surface area contributed by atoms with Crippen molar-refractivity contribution < 1.29 is 4.74 Å². The molecule has 5 heteroatoms. The maximum atomic E-state index is 5.56. The molecule has 0 amide bonds. The molecule has 2 N–H and O–H groups in total. The number of nitrogens with zero attached hydrogens (tertiary/aromatic N) is 3. The summed E-state index contributed by atoms with van der Waals surface area (Å²) in [5, 5.41) is 7.98. The molecule has 0 aliphatic rings. The molecule has 96 valence electrons. The number of hydrogen-bond donors (Lipinski definition) is 1. The van der Waals surface area contributed by atoms with Crippen LogP contribution in [0.5, 0.6) is 5.75 Å². The van der Waals surface area contributed by atoms with Crippen molar-refractivity contribution >= 4 is 0 Å². The van der Waals surface area contributed by atoms with Gasteiger partial charge in [-0.3, -0.25) is 0 Å². The fraction of sp³-hybridized carbons (Fsp3) is 0.385. The van der Waals surface area contributed by atoms with E-state index in [-0.39, 0.29) is 0 Å². The first-order valence-electron chi connectivity index (χ1n) is 6.18. The smallest absolute Gasteiger partial charge is 0.119 e. The second-order valence-electron chi connectivity index (χ2n) is 4.02. The van der Waals surface area contributed by atoms with Gasteiger partial charge in [0.25, 0.3) is 0 Å². The van der Waals surface area contributed by atoms with E-state index in [0.29, 0.717) is 6.54 Å². The van der Waals surface area contributed by atoms with Gasteiger partial charge in [-0.05, 0) is 37.2 Å². The summed E-state index contributed by atoms with van der Waals surface area (Å²) in [5.74, 6) is 0.876. The van der Waals surface area contributed by atoms with Gasteiger partial charge in [-0.1, -0.05) is 12.1 Å². The van der Waals surface area contributed by atoms with Crippen LogP contribution in [0.1, 0.15) is 19.0 Å². The van der Waals surface area contributed by atoms with Crippen LogP contribution in [0.25, 0.3) is 5.69 Å². The van der Waals surface area contributed by atoms with E-state index in [1.165, 1.54) is 0 Å². The molecule has 0 atom stereocenters. The lowest BCUT2D eigenvalue weighted by atomic mass is 10.2. The van der Waals surface area contributed by atoms with Crippen LogP contribution in [-0.2, 0) is 6.42 Å². The van der Waals surface area contributed by atoms with Crippen LogP contribution < -0.4 is 10.5 Å². The van der Waals surface area contributed by atoms with Crippen molar-refractivity contribution in [3.8, 4) is 11.4 Å². The highest BCUT2D eigenvalue weighted by Gasteiger charge is 2.05. The molecule has 0 saturated carbocycles. The Labute approximate surface area is 107 Å². The summed E-state index contributed by atoms with van der Waals surface area (Å²) in [7, 11) is 0. The van der Waals surface area contributed by atoms with Gasteiger partial charge < -0.3 is 10.5 Å². The molecule has 2 rings (SSSR count). The quantitative estimate of drug-likeness (QED) is 0.840. The zero-order chi connectivity index (χ0) is 12.8. The number of nitrogens with two attached hydrogens (primary N) is 1. The molecular weight excluding hydrogens is 228 g/mol. The van der Waals surface area contributed by atoms with E-state index in [4.69, 9.17) is 10.5 Å². The molecule has 1 heterocycles. The predicted molar refractivity (Wildman–Crippen MR) is 69.9 cm³/mol. The Kier molecular flexibility index (Phi) is 4.30. The van der Waals surface area contributed by atoms with Gasteiger partial charge in [-0.15, -0.1) is 5.10 Å². The molecule has 0 unspecified atom stereocenters. The monoisotopic (exact) mass is 246 g/mol. The van der Waals surface area contributed by atoms with Crippen LogP contribution in [0.2, 0.25) is 0 Å². The van der Waals surface area contributed by atoms with Crippen LogP contribution in [0.15, 0.2) is 30.5 Å². The first-order valence-corrected chi connectivity index (χ1v) is 6.18. The van der Waals surface area contributed by atoms with Crippen molar-refractivity contribution in [1.29, 1.82) is 0 Å². The molecule has 0 aliphatic heterocycles. The topological polar surface area (TPSA) is 66.0 Å². The number of hydrogen-bond acceptors (Lipinski definition) is 4. The molecule has 0 radical (unpaired) electrons. The summed E-state index contributed by atoms with van der Waals surface area (Å²) in [6.07, 6.45) is 3.51. The van der Waals surface area contributed by atoms with Crippen LogP contribution in [0, 0.1) is 0 Å². The van der Waals surface area contributed by atoms with E-state index in [9.17, 15) is 0 Å². The van der Waals surface area contributed by atoms with Gasteiger partial charge in [-0.25, -0.2) is 4.68 Å². The van der Waals surface area contributed by atoms with Gasteiger partial charge in [0, 0.05) is 6.42 Å². The molecule has 2 aromatic rings. The van der Waals surface area contributed by atoms with Gasteiger partial charge in [0.05, 0.1) is 24.2 Å². The lowest BCUT2D eigenvalue weighted by Crippen LogP contribution is -2.08. The normalized spacial score (nSPS) is 10.6. The largest absolute Gasteiger partial charge is 0.494 e. The van der Waals surface area contributed by atoms with Gasteiger partial charge in [0.15, 0.2) is 0 Å². The van der Waals surface area contributed by atoms with Gasteiger partial charge >= 0.3 is 0 Å². The molecule has 1 aromatic heterocycles. The number of benzene rings is 1. The Balaban J connectivity index is 2.15. The molecule has 18 heavy (non-hydrogen) atoms. The van der Waals surface area contributed by atoms with E-state index in [1.807, 2.05) is 24.3 Å². The Hall–Kier alpha value is -1.88. The lowest BCUT2D eigenvalue weighted by Gasteiger charge is -2.07. The van der Waals surface area contributed by atoms with Crippen molar-refractivity contribution in [1.82, 2.24) is 15.0 Å². The fourth-order valence-electron chi connectivity index (χ4n) is 1.70. The highest BCUT2D eigenvalue weighted by molar-refractivity contribution is 5.37. The number of aromatic nitrogens is 3. The first-order chi connectivity index (χ1) is 8.85. The van der Waals surface area contributed by atoms with Crippen LogP contribution >= 0.6 is 0 Å². The zero-order valence-electron chi connectivity index (χ0n) is 10.5. The minimum Gasteiger partial charge on any atom is -0.494 e. The molecule has 1 aromatic carbocycles. The maximum Gasteiger partial charge on any atom is 0.119 e. The van der Waals surface area contributed by atoms with Crippen molar-refractivity contribution in [2.24, 2.45) is 5.73 Å². The summed E-state index contributed by atoms with van der Waals surface area (Å²) in [6.45, 7) is 3.41. The van der Waals surface area contributed by atoms with E-state index < -0.39 is 0 Å². The zero-order valence-corrected chi connectivity index (χ0v) is 10.5. The van der Waals surface area contributed by atoms with Crippen LogP contribution in [0.3, 0.4) is 0 Å². The van der Waals surface area contributed by atoms with Crippen LogP contribution in [0.4, 0.5) is 0 Å². The third-order valence-corrected chi connectivity index (χ3v) is 2.57. The fourth-order valence-corrected chi connectivity index (χ4v) is 1.70. The minimum atomic E-state index is 0.588. The highest BCUT2D eigenvalue weighted by atomic mass is 16.5. The van der Waals surface area contributed by atoms with Crippen molar-refractivity contribution in [2.45, 2.75) is 19.8 Å². The summed E-state index contributed by atoms with van der Waals surface area (Å²) >= 11 is 0. The summed E-state index contributed by atoms with van der Waals surface area (Å²) < 4.78 is 7.34. The van der Waals surface area contributed by atoms with E-state index in [1.54, 1.807) is 10.9 Å². The summed E-state index contributed by atoms with van der Waals surface area (Å²) in [5.41, 5.74) is 7.54. The summed E-state index contributed by atoms with van der Waals surface area (Å²) in [4.78, 5) is 0. The second kappa shape index (κ2) is 6.16. The summed E-state index contributed by atoms with van der Waals surface area (Å²) in [6, 6.07) is 7.83. The molecule has 5 nitrogen and oxygen atoms in total. The SMILES string of the molecule is CCCOc1ccc(-n2nncc2CCN)cc1. The van der Waals surface area contributed by atoms with Gasteiger partial charge in [0.2, 0.25) is 0 Å². The van der Waals surface area contributed by atoms with Gasteiger partial charge in [0.1, 0.15) is 5.75 Å². The third-order valence-electron chi connectivity index (χ3n) is 2.57. The average molecular weight is 246 g/mol. The van der Waals surface area contributed by atoms with Crippen molar-refractivity contribution in [3.63, 3.8) is 0 Å². The number of rotatable bonds is 6. The lowest BCUT2D eigenvalue weighted by molar-refractivity contribution is 0.317. The average Bonchev–Trinajstić information content (AvgIpc) is 2.86. The molecular formula is C13H18N4O. The van der Waals surface area contributed by atoms with Crippen LogP contribution in [-0.4, -0.2) is 28.1 Å². The highest BCUT2D eigenvalue weighted by Crippen LogP contribution is 2.16. The molecule has 0 fully saturated rings. The number of ether oxygens (including phenoxy) is 1. The molecule has 0 aliphatic carbocycles. The Morgan fingerprint density at radius 1 is 1.28 bits per heavy atom. The van der Waals surface area contributed by atoms with Crippen molar-refractivity contribution in [3.05, 3.63) is 36.2 Å². The van der Waals surface area contributed by atoms with E-state index >= 15 is 0 Å². The first kappa shape index (κ1) is 12.6. The molecule has 0 spiro atoms. The standard InChI is InChI=1S/C13H18N4O/c1-2-9-18-13-5-3-11(4-6-13)17-12(7-8-14)10-15-16-17/h3-6,10H,2,7-9,14H2,1H3. The Morgan fingerprint density at radius 2 is 2.06 bits per heavy atom. The predicted octanol–water partition coefficient (Wildman–Crippen LogP) is 1.56. The van der Waals surface area contributed by atoms with Gasteiger partial charge in [-0.2, -0.15) is 0 Å². The molecule has 0 bridgehead atoms. The Morgan fingerprint density at radius 3 is 2.72 bits per heavy atom. The second-order valence-corrected chi connectivity index (χ2v) is 4.02. The minimum absolute atomic E-state index is 0.588. The van der Waals surface area contributed by atoms with Crippen molar-refractivity contribution in [2.75, 3.05) is 13.2 Å². The van der Waals surface area contributed by atoms with E-state index in [2.05, 4.69) is 17.2 Å². The Bertz CT molecular complexity index is 478. The third kappa shape index (κ3) is 2.87. The molecule has 0 saturated heterocycles.